The van der Waals surface area contributed by atoms with E-state index in [0.29, 0.717) is 0 Å². The van der Waals surface area contributed by atoms with Crippen molar-refractivity contribution in [1.82, 2.24) is 9.55 Å². The lowest BCUT2D eigenvalue weighted by molar-refractivity contribution is -0.206. The van der Waals surface area contributed by atoms with Crippen LogP contribution in [0.25, 0.3) is 0 Å². The minimum absolute atomic E-state index is 0.0181. The van der Waals surface area contributed by atoms with Crippen molar-refractivity contribution in [3.05, 3.63) is 22.7 Å². The van der Waals surface area contributed by atoms with Gasteiger partial charge in [-0.2, -0.15) is 4.98 Å². The monoisotopic (exact) mass is 319 g/mol. The maximum atomic E-state index is 12.1. The van der Waals surface area contributed by atoms with Gasteiger partial charge >= 0.3 is 5.69 Å². The number of hydrogen-bond donors (Lipinski definition) is 3. The third-order valence-corrected chi connectivity index (χ3v) is 3.70. The van der Waals surface area contributed by atoms with Gasteiger partial charge in [0.05, 0.1) is 0 Å². The van der Waals surface area contributed by atoms with Gasteiger partial charge in [-0.25, -0.2) is 4.79 Å². The Morgan fingerprint density at radius 3 is 2.61 bits per heavy atom. The van der Waals surface area contributed by atoms with Crippen molar-refractivity contribution >= 4 is 21.5 Å². The van der Waals surface area contributed by atoms with E-state index in [0.717, 1.165) is 4.57 Å². The van der Waals surface area contributed by atoms with Gasteiger partial charge in [0.15, 0.2) is 17.8 Å². The molecule has 3 heterocycles. The van der Waals surface area contributed by atoms with Crippen LogP contribution < -0.4 is 11.2 Å². The molecule has 0 saturated carbocycles. The summed E-state index contributed by atoms with van der Waals surface area (Å²) in [5.41, 5.74) is 1.08. The lowest BCUT2D eigenvalue weighted by Crippen LogP contribution is -2.50. The summed E-state index contributed by atoms with van der Waals surface area (Å²) in [6, 6.07) is 1.37. The zero-order valence-electron chi connectivity index (χ0n) is 12.5. The van der Waals surface area contributed by atoms with Crippen LogP contribution in [0.2, 0.25) is 0 Å². The second-order valence-corrected chi connectivity index (χ2v) is 6.01. The topological polar surface area (TPSA) is 115 Å². The molecule has 1 aromatic heterocycles. The first kappa shape index (κ1) is 16.5. The first-order valence-corrected chi connectivity index (χ1v) is 6.93. The minimum Gasteiger partial charge on any atom is -0.406 e. The number of nitrogens with zero attached hydrogens (tertiary/aromatic N) is 2. The first-order chi connectivity index (χ1) is 10.6. The summed E-state index contributed by atoms with van der Waals surface area (Å²) in [6.45, 7) is 3.37. The smallest absolute Gasteiger partial charge is 0.351 e. The standard InChI is InChI=1S/C12H15B2N3O6/c1-11(2)22-6-7(23-11)9(21-8(6)12(13,14)19)17-4-3-5(16-20)15-10(17)18/h3-4,6-9,19-20H,1-2H3,(H,15,16,18). The zero-order chi connectivity index (χ0) is 17.0. The molecule has 0 amide bonds. The highest BCUT2D eigenvalue weighted by molar-refractivity contribution is 6.39. The van der Waals surface area contributed by atoms with Crippen LogP contribution in [-0.2, 0) is 14.2 Å². The molecular weight excluding hydrogens is 304 g/mol. The van der Waals surface area contributed by atoms with Crippen molar-refractivity contribution in [1.29, 1.82) is 0 Å². The molecule has 2 fully saturated rings. The van der Waals surface area contributed by atoms with Gasteiger partial charge in [-0.1, -0.05) is 0 Å². The lowest BCUT2D eigenvalue weighted by Gasteiger charge is -2.31. The largest absolute Gasteiger partial charge is 0.406 e. The van der Waals surface area contributed by atoms with Gasteiger partial charge < -0.3 is 19.3 Å². The van der Waals surface area contributed by atoms with E-state index in [2.05, 4.69) is 4.98 Å². The van der Waals surface area contributed by atoms with Crippen molar-refractivity contribution in [2.45, 2.75) is 49.6 Å². The number of aliphatic hydroxyl groups is 1. The van der Waals surface area contributed by atoms with E-state index in [1.807, 2.05) is 0 Å². The number of ether oxygens (including phenoxy) is 3. The Morgan fingerprint density at radius 1 is 1.39 bits per heavy atom. The molecule has 0 spiro atoms. The Labute approximate surface area is 134 Å². The first-order valence-electron chi connectivity index (χ1n) is 6.93. The number of nitrogens with one attached hydrogen (secondary N) is 1. The number of rotatable bonds is 3. The fourth-order valence-electron chi connectivity index (χ4n) is 2.84. The average Bonchev–Trinajstić information content (AvgIpc) is 2.91. The van der Waals surface area contributed by atoms with Crippen molar-refractivity contribution in [2.75, 3.05) is 5.48 Å². The van der Waals surface area contributed by atoms with E-state index in [1.165, 1.54) is 12.3 Å². The Kier molecular flexibility index (Phi) is 3.81. The highest BCUT2D eigenvalue weighted by Crippen LogP contribution is 2.44. The van der Waals surface area contributed by atoms with Crippen molar-refractivity contribution < 1.29 is 24.5 Å². The van der Waals surface area contributed by atoms with Crippen LogP contribution in [-0.4, -0.2) is 65.1 Å². The Hall–Kier alpha value is -1.39. The Bertz CT molecular complexity index is 661. The van der Waals surface area contributed by atoms with Crippen LogP contribution in [0.3, 0.4) is 0 Å². The van der Waals surface area contributed by atoms with E-state index in [1.54, 1.807) is 19.3 Å². The predicted molar refractivity (Wildman–Crippen MR) is 78.1 cm³/mol. The molecule has 2 saturated heterocycles. The SMILES string of the molecule is [B]C([B])(O)C1OC(n2ccc(NO)nc2=O)C2OC(C)(C)OC21. The molecule has 120 valence electrons. The van der Waals surface area contributed by atoms with Gasteiger partial charge in [0.25, 0.3) is 0 Å². The maximum absolute atomic E-state index is 12.1. The molecule has 9 nitrogen and oxygen atoms in total. The predicted octanol–water partition coefficient (Wildman–Crippen LogP) is -1.55. The van der Waals surface area contributed by atoms with E-state index in [-0.39, 0.29) is 5.82 Å². The number of fused-ring (bicyclic) bond motifs is 1. The van der Waals surface area contributed by atoms with E-state index >= 15 is 0 Å². The van der Waals surface area contributed by atoms with Gasteiger partial charge in [0, 0.05) is 11.6 Å². The molecule has 3 rings (SSSR count). The molecule has 23 heavy (non-hydrogen) atoms. The van der Waals surface area contributed by atoms with Crippen LogP contribution >= 0.6 is 0 Å². The van der Waals surface area contributed by atoms with Gasteiger partial charge in [0.1, 0.15) is 34.0 Å². The van der Waals surface area contributed by atoms with E-state index < -0.39 is 41.4 Å². The van der Waals surface area contributed by atoms with Gasteiger partial charge in [0.2, 0.25) is 0 Å². The third kappa shape index (κ3) is 2.90. The summed E-state index contributed by atoms with van der Waals surface area (Å²) in [5, 5.41) is 16.5. The Balaban J connectivity index is 1.98. The molecule has 4 unspecified atom stereocenters. The fraction of sp³-hybridized carbons (Fsp3) is 0.667. The van der Waals surface area contributed by atoms with Crippen LogP contribution in [0.15, 0.2) is 17.1 Å². The molecule has 2 aliphatic heterocycles. The third-order valence-electron chi connectivity index (χ3n) is 3.70. The minimum atomic E-state index is -2.18. The van der Waals surface area contributed by atoms with Crippen LogP contribution in [0, 0.1) is 0 Å². The van der Waals surface area contributed by atoms with Crippen LogP contribution in [0.1, 0.15) is 20.1 Å². The molecule has 0 bridgehead atoms. The molecule has 4 radical (unpaired) electrons. The molecule has 4 atom stereocenters. The number of hydrogen-bond acceptors (Lipinski definition) is 8. The van der Waals surface area contributed by atoms with Crippen molar-refractivity contribution in [3.8, 4) is 0 Å². The maximum Gasteiger partial charge on any atom is 0.351 e. The summed E-state index contributed by atoms with van der Waals surface area (Å²) < 4.78 is 18.2. The van der Waals surface area contributed by atoms with E-state index in [4.69, 9.17) is 35.1 Å². The summed E-state index contributed by atoms with van der Waals surface area (Å²) in [7, 11) is 11.1. The van der Waals surface area contributed by atoms with Crippen LogP contribution in [0.4, 0.5) is 5.82 Å². The quantitative estimate of drug-likeness (QED) is 0.453. The highest BCUT2D eigenvalue weighted by Gasteiger charge is 2.59. The van der Waals surface area contributed by atoms with E-state index in [9.17, 15) is 9.90 Å². The molecule has 3 N–H and O–H groups in total. The molecule has 0 aliphatic carbocycles. The second kappa shape index (κ2) is 5.32. The molecule has 2 aliphatic rings. The highest BCUT2D eigenvalue weighted by atomic mass is 16.8. The number of aromatic nitrogens is 2. The fourth-order valence-corrected chi connectivity index (χ4v) is 2.84. The normalized spacial score (nSPS) is 32.7. The van der Waals surface area contributed by atoms with Gasteiger partial charge in [-0.05, 0) is 19.9 Å². The van der Waals surface area contributed by atoms with Crippen LogP contribution in [0.5, 0.6) is 0 Å². The van der Waals surface area contributed by atoms with Crippen molar-refractivity contribution in [3.63, 3.8) is 0 Å². The summed E-state index contributed by atoms with van der Waals surface area (Å²) in [4.78, 5) is 15.7. The second-order valence-electron chi connectivity index (χ2n) is 6.01. The molecule has 0 aromatic carbocycles. The lowest BCUT2D eigenvalue weighted by atomic mass is 9.61. The summed E-state index contributed by atoms with van der Waals surface area (Å²) >= 11 is 0. The molecule has 11 heteroatoms. The summed E-state index contributed by atoms with van der Waals surface area (Å²) in [6.07, 6.45) is -2.18. The Morgan fingerprint density at radius 2 is 2.04 bits per heavy atom. The van der Waals surface area contributed by atoms with Crippen molar-refractivity contribution in [2.24, 2.45) is 0 Å². The zero-order valence-corrected chi connectivity index (χ0v) is 12.5. The molecular formula is C12H15B2N3O6. The number of anilines is 1. The van der Waals surface area contributed by atoms with Gasteiger partial charge in [-0.3, -0.25) is 15.3 Å². The van der Waals surface area contributed by atoms with Gasteiger partial charge in [-0.15, -0.1) is 0 Å². The average molecular weight is 319 g/mol. The molecule has 1 aromatic rings. The summed E-state index contributed by atoms with van der Waals surface area (Å²) in [5.74, 6) is -0.972.